The molecule has 0 spiro atoms. The van der Waals surface area contributed by atoms with E-state index in [0.717, 1.165) is 19.2 Å². The minimum Gasteiger partial charge on any atom is -0.379 e. The Kier molecular flexibility index (Phi) is 5.94. The third-order valence-electron chi connectivity index (χ3n) is 3.31. The molecular weight excluding hydrogens is 315 g/mol. The Bertz CT molecular complexity index is 592. The lowest BCUT2D eigenvalue weighted by Crippen LogP contribution is -2.43. The van der Waals surface area contributed by atoms with Crippen molar-refractivity contribution in [2.24, 2.45) is 0 Å². The van der Waals surface area contributed by atoms with Crippen LogP contribution in [0.25, 0.3) is 0 Å². The van der Waals surface area contributed by atoms with E-state index in [9.17, 15) is 22.8 Å². The Labute approximate surface area is 130 Å². The molecule has 1 aliphatic rings. The first-order valence-electron chi connectivity index (χ1n) is 7.02. The molecule has 6 nitrogen and oxygen atoms in total. The molecule has 0 unspecified atom stereocenters. The van der Waals surface area contributed by atoms with Crippen LogP contribution in [0.15, 0.2) is 12.1 Å². The van der Waals surface area contributed by atoms with E-state index in [1.165, 1.54) is 0 Å². The van der Waals surface area contributed by atoms with Crippen molar-refractivity contribution in [3.8, 4) is 0 Å². The molecule has 1 aliphatic heterocycles. The number of nitrogens with zero attached hydrogens (tertiary/aromatic N) is 1. The van der Waals surface area contributed by atoms with Gasteiger partial charge in [0.05, 0.1) is 18.9 Å². The second-order valence-electron chi connectivity index (χ2n) is 4.89. The number of carbonyl (C=O) groups excluding carboxylic acids is 2. The summed E-state index contributed by atoms with van der Waals surface area (Å²) in [7, 11) is 0. The van der Waals surface area contributed by atoms with Crippen LogP contribution in [0.4, 0.5) is 18.9 Å². The Morgan fingerprint density at radius 1 is 1.09 bits per heavy atom. The van der Waals surface area contributed by atoms with Crippen molar-refractivity contribution < 1.29 is 27.5 Å². The number of nitrogens with one attached hydrogen (secondary N) is 2. The summed E-state index contributed by atoms with van der Waals surface area (Å²) < 4.78 is 44.4. The van der Waals surface area contributed by atoms with Crippen molar-refractivity contribution in [1.82, 2.24) is 10.2 Å². The van der Waals surface area contributed by atoms with Gasteiger partial charge in [0.25, 0.3) is 0 Å². The van der Waals surface area contributed by atoms with Crippen LogP contribution in [0.5, 0.6) is 0 Å². The van der Waals surface area contributed by atoms with E-state index in [-0.39, 0.29) is 6.54 Å². The summed E-state index contributed by atoms with van der Waals surface area (Å²) in [5.74, 6) is -6.79. The zero-order valence-corrected chi connectivity index (χ0v) is 12.2. The molecule has 0 aliphatic carbocycles. The van der Waals surface area contributed by atoms with Crippen LogP contribution in [0.2, 0.25) is 0 Å². The molecule has 1 fully saturated rings. The third-order valence-corrected chi connectivity index (χ3v) is 3.31. The van der Waals surface area contributed by atoms with Gasteiger partial charge in [-0.15, -0.1) is 0 Å². The van der Waals surface area contributed by atoms with E-state index >= 15 is 0 Å². The van der Waals surface area contributed by atoms with Crippen molar-refractivity contribution in [3.63, 3.8) is 0 Å². The van der Waals surface area contributed by atoms with Gasteiger partial charge in [-0.05, 0) is 12.1 Å². The molecule has 126 valence electrons. The summed E-state index contributed by atoms with van der Waals surface area (Å²) in [6.45, 7) is 3.48. The molecule has 0 aromatic heterocycles. The third kappa shape index (κ3) is 4.67. The van der Waals surface area contributed by atoms with Crippen molar-refractivity contribution in [2.45, 2.75) is 0 Å². The largest absolute Gasteiger partial charge is 0.379 e. The molecule has 9 heteroatoms. The molecular formula is C14H16F3N3O3. The average molecular weight is 331 g/mol. The van der Waals surface area contributed by atoms with Gasteiger partial charge < -0.3 is 15.4 Å². The van der Waals surface area contributed by atoms with Gasteiger partial charge in [-0.25, -0.2) is 13.2 Å². The Morgan fingerprint density at radius 2 is 1.78 bits per heavy atom. The molecule has 1 heterocycles. The highest BCUT2D eigenvalue weighted by molar-refractivity contribution is 6.39. The van der Waals surface area contributed by atoms with E-state index in [1.54, 1.807) is 0 Å². The lowest BCUT2D eigenvalue weighted by molar-refractivity contribution is -0.136. The lowest BCUT2D eigenvalue weighted by Gasteiger charge is -2.26. The van der Waals surface area contributed by atoms with Gasteiger partial charge in [-0.2, -0.15) is 0 Å². The van der Waals surface area contributed by atoms with Crippen LogP contribution < -0.4 is 10.6 Å². The molecule has 1 aromatic rings. The highest BCUT2D eigenvalue weighted by Crippen LogP contribution is 2.19. The smallest absolute Gasteiger partial charge is 0.313 e. The van der Waals surface area contributed by atoms with E-state index in [2.05, 4.69) is 10.2 Å². The summed E-state index contributed by atoms with van der Waals surface area (Å²) in [6, 6.07) is 1.50. The first-order valence-corrected chi connectivity index (χ1v) is 7.02. The fraction of sp³-hybridized carbons (Fsp3) is 0.429. The number of anilines is 1. The van der Waals surface area contributed by atoms with Gasteiger partial charge in [0, 0.05) is 26.2 Å². The Balaban J connectivity index is 1.81. The number of amides is 2. The monoisotopic (exact) mass is 331 g/mol. The van der Waals surface area contributed by atoms with E-state index in [4.69, 9.17) is 4.74 Å². The van der Waals surface area contributed by atoms with Crippen molar-refractivity contribution in [3.05, 3.63) is 29.6 Å². The van der Waals surface area contributed by atoms with Crippen LogP contribution >= 0.6 is 0 Å². The van der Waals surface area contributed by atoms with E-state index in [1.807, 2.05) is 5.32 Å². The number of morpholine rings is 1. The fourth-order valence-corrected chi connectivity index (χ4v) is 2.03. The SMILES string of the molecule is O=C(NCCN1CCOCC1)C(=O)Nc1ccc(F)c(F)c1F. The van der Waals surface area contributed by atoms with Gasteiger partial charge in [0.2, 0.25) is 0 Å². The highest BCUT2D eigenvalue weighted by Gasteiger charge is 2.19. The Morgan fingerprint density at radius 3 is 2.48 bits per heavy atom. The number of hydrogen-bond acceptors (Lipinski definition) is 4. The van der Waals surface area contributed by atoms with Gasteiger partial charge >= 0.3 is 11.8 Å². The molecule has 1 aromatic carbocycles. The predicted octanol–water partition coefficient (Wildman–Crippen LogP) is 0.491. The summed E-state index contributed by atoms with van der Waals surface area (Å²) in [5.41, 5.74) is -0.600. The van der Waals surface area contributed by atoms with Gasteiger partial charge in [0.15, 0.2) is 17.5 Å². The maximum absolute atomic E-state index is 13.4. The fourth-order valence-electron chi connectivity index (χ4n) is 2.03. The molecule has 23 heavy (non-hydrogen) atoms. The van der Waals surface area contributed by atoms with Crippen LogP contribution in [-0.2, 0) is 14.3 Å². The number of halogens is 3. The van der Waals surface area contributed by atoms with Crippen LogP contribution in [0.1, 0.15) is 0 Å². The first kappa shape index (κ1) is 17.2. The lowest BCUT2D eigenvalue weighted by atomic mass is 10.2. The quantitative estimate of drug-likeness (QED) is 0.622. The topological polar surface area (TPSA) is 70.7 Å². The van der Waals surface area contributed by atoms with E-state index < -0.39 is 35.0 Å². The maximum Gasteiger partial charge on any atom is 0.313 e. The second-order valence-corrected chi connectivity index (χ2v) is 4.89. The van der Waals surface area contributed by atoms with Crippen LogP contribution in [0, 0.1) is 17.5 Å². The maximum atomic E-state index is 13.4. The molecule has 0 saturated carbocycles. The highest BCUT2D eigenvalue weighted by atomic mass is 19.2. The van der Waals surface area contributed by atoms with Crippen molar-refractivity contribution in [2.75, 3.05) is 44.7 Å². The van der Waals surface area contributed by atoms with Crippen molar-refractivity contribution in [1.29, 1.82) is 0 Å². The van der Waals surface area contributed by atoms with Crippen LogP contribution in [-0.4, -0.2) is 56.1 Å². The summed E-state index contributed by atoms with van der Waals surface area (Å²) in [6.07, 6.45) is 0. The van der Waals surface area contributed by atoms with Gasteiger partial charge in [-0.3, -0.25) is 14.5 Å². The van der Waals surface area contributed by atoms with Gasteiger partial charge in [-0.1, -0.05) is 0 Å². The molecule has 0 radical (unpaired) electrons. The second kappa shape index (κ2) is 7.93. The number of benzene rings is 1. The summed E-state index contributed by atoms with van der Waals surface area (Å²) in [4.78, 5) is 25.3. The molecule has 2 rings (SSSR count). The Hall–Kier alpha value is -2.13. The van der Waals surface area contributed by atoms with Gasteiger partial charge in [0.1, 0.15) is 0 Å². The standard InChI is InChI=1S/C14H16F3N3O3/c15-9-1-2-10(12(17)11(9)16)19-14(22)13(21)18-3-4-20-5-7-23-8-6-20/h1-2H,3-8H2,(H,18,21)(H,19,22). The molecule has 0 bridgehead atoms. The molecule has 1 saturated heterocycles. The number of rotatable bonds is 4. The minimum atomic E-state index is -1.71. The molecule has 2 amide bonds. The normalized spacial score (nSPS) is 15.3. The number of ether oxygens (including phenoxy) is 1. The van der Waals surface area contributed by atoms with E-state index in [0.29, 0.717) is 25.8 Å². The summed E-state index contributed by atoms with van der Waals surface area (Å²) in [5, 5.41) is 4.27. The summed E-state index contributed by atoms with van der Waals surface area (Å²) >= 11 is 0. The first-order chi connectivity index (χ1) is 11.0. The average Bonchev–Trinajstić information content (AvgIpc) is 2.56. The molecule has 0 atom stereocenters. The predicted molar refractivity (Wildman–Crippen MR) is 75.2 cm³/mol. The van der Waals surface area contributed by atoms with Crippen LogP contribution in [0.3, 0.4) is 0 Å². The zero-order chi connectivity index (χ0) is 16.8. The zero-order valence-electron chi connectivity index (χ0n) is 12.2. The minimum absolute atomic E-state index is 0.229. The molecule has 2 N–H and O–H groups in total. The van der Waals surface area contributed by atoms with Crippen molar-refractivity contribution >= 4 is 17.5 Å². The number of carbonyl (C=O) groups is 2. The number of hydrogen-bond donors (Lipinski definition) is 2.